The maximum Gasteiger partial charge on any atom is 0.225 e. The molecular weight excluding hydrogens is 506 g/mol. The number of carbonyl (C=O) groups excluding carboxylic acids is 2. The van der Waals surface area contributed by atoms with Crippen molar-refractivity contribution in [1.29, 1.82) is 0 Å². The monoisotopic (exact) mass is 551 g/mol. The third kappa shape index (κ3) is 7.47. The Morgan fingerprint density at radius 3 is 2.15 bits per heavy atom. The zero-order valence-electron chi connectivity index (χ0n) is 25.0. The van der Waals surface area contributed by atoms with Gasteiger partial charge >= 0.3 is 0 Å². The number of para-hydroxylation sites is 2. The molecule has 0 bridgehead atoms. The Morgan fingerprint density at radius 1 is 0.829 bits per heavy atom. The van der Waals surface area contributed by atoms with E-state index in [0.717, 1.165) is 59.6 Å². The smallest absolute Gasteiger partial charge is 0.225 e. The van der Waals surface area contributed by atoms with Gasteiger partial charge in [-0.2, -0.15) is 0 Å². The van der Waals surface area contributed by atoms with Gasteiger partial charge in [0.05, 0.1) is 0 Å². The largest absolute Gasteiger partial charge is 0.457 e. The van der Waals surface area contributed by atoms with Crippen molar-refractivity contribution in [2.75, 3.05) is 5.32 Å². The number of rotatable bonds is 10. The summed E-state index contributed by atoms with van der Waals surface area (Å²) >= 11 is 0. The fourth-order valence-electron chi connectivity index (χ4n) is 6.59. The van der Waals surface area contributed by atoms with Gasteiger partial charge in [0.1, 0.15) is 17.3 Å². The average Bonchev–Trinajstić information content (AvgIpc) is 2.95. The Kier molecular flexibility index (Phi) is 9.27. The minimum Gasteiger partial charge on any atom is -0.457 e. The molecule has 1 aliphatic heterocycles. The van der Waals surface area contributed by atoms with Crippen LogP contribution in [0.25, 0.3) is 0 Å². The molecule has 1 aliphatic carbocycles. The second kappa shape index (κ2) is 13.1. The van der Waals surface area contributed by atoms with E-state index in [9.17, 15) is 9.59 Å². The number of aryl methyl sites for hydroxylation is 1. The maximum atomic E-state index is 13.6. The van der Waals surface area contributed by atoms with Gasteiger partial charge in [-0.3, -0.25) is 9.59 Å². The van der Waals surface area contributed by atoms with Crippen LogP contribution in [-0.4, -0.2) is 11.7 Å². The Balaban J connectivity index is 1.23. The van der Waals surface area contributed by atoms with Crippen molar-refractivity contribution in [3.8, 4) is 11.5 Å². The van der Waals surface area contributed by atoms with E-state index < -0.39 is 0 Å². The Labute approximate surface area is 245 Å². The predicted molar refractivity (Wildman–Crippen MR) is 167 cm³/mol. The number of unbranched alkanes of at least 4 members (excludes halogenated alkanes) is 1. The molecule has 3 aromatic carbocycles. The van der Waals surface area contributed by atoms with E-state index in [1.165, 1.54) is 37.7 Å². The molecule has 0 aromatic heterocycles. The van der Waals surface area contributed by atoms with Gasteiger partial charge in [-0.15, -0.1) is 0 Å². The van der Waals surface area contributed by atoms with Gasteiger partial charge in [0, 0.05) is 42.0 Å². The molecule has 1 heterocycles. The maximum absolute atomic E-state index is 13.6. The first-order valence-electron chi connectivity index (χ1n) is 15.6. The lowest BCUT2D eigenvalue weighted by atomic mass is 9.84. The standard InChI is InChI=1S/C37H45NO3/c1-37(2,3)32-22-21-27(15-7-8-16-28(39)23-26-13-5-4-6-14-26)24-33(32)38-36(40)25-31-29-17-9-11-19-34(29)41-35-20-12-10-18-30(31)35/h9-12,17-22,24,26,31H,4-8,13-16,23,25H2,1-3H3,(H,38,40). The molecular formula is C37H45NO3. The average molecular weight is 552 g/mol. The van der Waals surface area contributed by atoms with Crippen LogP contribution in [0.1, 0.15) is 113 Å². The minimum atomic E-state index is -0.107. The summed E-state index contributed by atoms with van der Waals surface area (Å²) in [6.45, 7) is 6.54. The molecule has 2 aliphatic rings. The summed E-state index contributed by atoms with van der Waals surface area (Å²) in [5, 5.41) is 3.29. The minimum absolute atomic E-state index is 0.00235. The number of ether oxygens (including phenoxy) is 1. The topological polar surface area (TPSA) is 55.4 Å². The number of hydrogen-bond acceptors (Lipinski definition) is 3. The van der Waals surface area contributed by atoms with Gasteiger partial charge in [-0.1, -0.05) is 101 Å². The molecule has 216 valence electrons. The fourth-order valence-corrected chi connectivity index (χ4v) is 6.59. The van der Waals surface area contributed by atoms with Gasteiger partial charge in [0.15, 0.2) is 0 Å². The number of nitrogens with one attached hydrogen (secondary N) is 1. The third-order valence-electron chi connectivity index (χ3n) is 8.78. The van der Waals surface area contributed by atoms with Gasteiger partial charge in [-0.05, 0) is 59.9 Å². The Bertz CT molecular complexity index is 1320. The normalized spacial score (nSPS) is 15.5. The highest BCUT2D eigenvalue weighted by molar-refractivity contribution is 5.93. The highest BCUT2D eigenvalue weighted by atomic mass is 16.5. The predicted octanol–water partition coefficient (Wildman–Crippen LogP) is 9.50. The van der Waals surface area contributed by atoms with Crippen LogP contribution in [-0.2, 0) is 21.4 Å². The Morgan fingerprint density at radius 2 is 1.49 bits per heavy atom. The fraction of sp³-hybridized carbons (Fsp3) is 0.459. The molecule has 0 radical (unpaired) electrons. The van der Waals surface area contributed by atoms with Crippen molar-refractivity contribution in [1.82, 2.24) is 0 Å². The van der Waals surface area contributed by atoms with Crippen LogP contribution in [0.4, 0.5) is 5.69 Å². The van der Waals surface area contributed by atoms with Gasteiger partial charge in [0.2, 0.25) is 5.91 Å². The van der Waals surface area contributed by atoms with Crippen LogP contribution in [0.2, 0.25) is 0 Å². The number of carbonyl (C=O) groups is 2. The molecule has 0 saturated heterocycles. The van der Waals surface area contributed by atoms with Crippen molar-refractivity contribution >= 4 is 17.4 Å². The summed E-state index contributed by atoms with van der Waals surface area (Å²) in [5.41, 5.74) is 5.21. The Hall–Kier alpha value is -3.40. The number of Topliss-reactive ketones (excluding diaryl/α,β-unsaturated/α-hetero) is 1. The van der Waals surface area contributed by atoms with Gasteiger partial charge in [0.25, 0.3) is 0 Å². The number of fused-ring (bicyclic) bond motifs is 2. The van der Waals surface area contributed by atoms with Crippen LogP contribution < -0.4 is 10.1 Å². The van der Waals surface area contributed by atoms with Crippen molar-refractivity contribution in [3.05, 3.63) is 89.0 Å². The molecule has 1 fully saturated rings. The lowest BCUT2D eigenvalue weighted by Crippen LogP contribution is -2.22. The first-order chi connectivity index (χ1) is 19.8. The summed E-state index contributed by atoms with van der Waals surface area (Å²) in [6.07, 6.45) is 11.0. The quantitative estimate of drug-likeness (QED) is 0.255. The molecule has 1 amide bonds. The zero-order chi connectivity index (χ0) is 28.8. The second-order valence-corrected chi connectivity index (χ2v) is 13.1. The number of ketones is 1. The molecule has 0 atom stereocenters. The van der Waals surface area contributed by atoms with Crippen molar-refractivity contribution in [2.45, 2.75) is 103 Å². The van der Waals surface area contributed by atoms with Crippen LogP contribution in [0, 0.1) is 5.92 Å². The van der Waals surface area contributed by atoms with E-state index >= 15 is 0 Å². The molecule has 41 heavy (non-hydrogen) atoms. The van der Waals surface area contributed by atoms with Crippen molar-refractivity contribution < 1.29 is 14.3 Å². The van der Waals surface area contributed by atoms with E-state index in [0.29, 0.717) is 24.5 Å². The van der Waals surface area contributed by atoms with E-state index in [1.54, 1.807) is 0 Å². The summed E-state index contributed by atoms with van der Waals surface area (Å²) in [7, 11) is 0. The van der Waals surface area contributed by atoms with Crippen molar-refractivity contribution in [2.24, 2.45) is 5.92 Å². The van der Waals surface area contributed by atoms with Gasteiger partial charge in [-0.25, -0.2) is 0 Å². The van der Waals surface area contributed by atoms with E-state index in [4.69, 9.17) is 4.74 Å². The van der Waals surface area contributed by atoms with E-state index in [-0.39, 0.29) is 17.2 Å². The molecule has 4 heteroatoms. The number of anilines is 1. The van der Waals surface area contributed by atoms with Crippen LogP contribution in [0.5, 0.6) is 11.5 Å². The SMILES string of the molecule is CC(C)(C)c1ccc(CCCCC(=O)CC2CCCCC2)cc1NC(=O)CC1c2ccccc2Oc2ccccc21. The van der Waals surface area contributed by atoms with Gasteiger partial charge < -0.3 is 10.1 Å². The molecule has 5 rings (SSSR count). The third-order valence-corrected chi connectivity index (χ3v) is 8.78. The highest BCUT2D eigenvalue weighted by Gasteiger charge is 2.29. The van der Waals surface area contributed by atoms with E-state index in [2.05, 4.69) is 56.4 Å². The zero-order valence-corrected chi connectivity index (χ0v) is 25.0. The first kappa shape index (κ1) is 29.1. The molecule has 4 nitrogen and oxygen atoms in total. The summed E-state index contributed by atoms with van der Waals surface area (Å²) < 4.78 is 6.13. The summed E-state index contributed by atoms with van der Waals surface area (Å²) in [6, 6.07) is 22.5. The van der Waals surface area contributed by atoms with Crippen LogP contribution in [0.15, 0.2) is 66.7 Å². The van der Waals surface area contributed by atoms with Crippen LogP contribution in [0.3, 0.4) is 0 Å². The molecule has 3 aromatic rings. The highest BCUT2D eigenvalue weighted by Crippen LogP contribution is 2.45. The number of hydrogen-bond donors (Lipinski definition) is 1. The molecule has 1 N–H and O–H groups in total. The lowest BCUT2D eigenvalue weighted by molar-refractivity contribution is -0.120. The van der Waals surface area contributed by atoms with Crippen LogP contribution >= 0.6 is 0 Å². The summed E-state index contributed by atoms with van der Waals surface area (Å²) in [5.74, 6) is 2.62. The number of amides is 1. The second-order valence-electron chi connectivity index (χ2n) is 13.1. The van der Waals surface area contributed by atoms with Crippen molar-refractivity contribution in [3.63, 3.8) is 0 Å². The number of benzene rings is 3. The summed E-state index contributed by atoms with van der Waals surface area (Å²) in [4.78, 5) is 26.1. The molecule has 1 saturated carbocycles. The molecule has 0 spiro atoms. The first-order valence-corrected chi connectivity index (χ1v) is 15.6. The molecule has 0 unspecified atom stereocenters. The van der Waals surface area contributed by atoms with E-state index in [1.807, 2.05) is 36.4 Å². The lowest BCUT2D eigenvalue weighted by Gasteiger charge is -2.28.